The fraction of sp³-hybridized carbons (Fsp3) is 0.545. The van der Waals surface area contributed by atoms with Gasteiger partial charge in [0.15, 0.2) is 0 Å². The third kappa shape index (κ3) is 1.65. The van der Waals surface area contributed by atoms with E-state index in [1.807, 2.05) is 17.6 Å². The average Bonchev–Trinajstić information content (AvgIpc) is 2.44. The maximum Gasteiger partial charge on any atom is 0.291 e. The number of aryl methyl sites for hydroxylation is 1. The lowest BCUT2D eigenvalue weighted by Gasteiger charge is -2.13. The molecule has 2 rings (SSSR count). The van der Waals surface area contributed by atoms with Crippen molar-refractivity contribution >= 4 is 0 Å². The van der Waals surface area contributed by atoms with Crippen LogP contribution in [0.3, 0.4) is 0 Å². The molecule has 2 heterocycles. The van der Waals surface area contributed by atoms with Crippen molar-refractivity contribution < 1.29 is 0 Å². The number of aromatic nitrogens is 2. The summed E-state index contributed by atoms with van der Waals surface area (Å²) in [6.45, 7) is 2.71. The van der Waals surface area contributed by atoms with Crippen molar-refractivity contribution in [1.29, 1.82) is 5.26 Å². The highest BCUT2D eigenvalue weighted by molar-refractivity contribution is 5.32. The highest BCUT2D eigenvalue weighted by Crippen LogP contribution is 2.16. The second kappa shape index (κ2) is 3.85. The highest BCUT2D eigenvalue weighted by atomic mass is 16.1. The zero-order valence-electron chi connectivity index (χ0n) is 8.79. The van der Waals surface area contributed by atoms with Crippen LogP contribution >= 0.6 is 0 Å². The Morgan fingerprint density at radius 1 is 1.40 bits per heavy atom. The number of rotatable bonds is 0. The summed E-state index contributed by atoms with van der Waals surface area (Å²) in [5.41, 5.74) is 0.748. The Kier molecular flexibility index (Phi) is 2.55. The van der Waals surface area contributed by atoms with Crippen LogP contribution in [0.1, 0.15) is 36.3 Å². The summed E-state index contributed by atoms with van der Waals surface area (Å²) < 4.78 is 2.02. The van der Waals surface area contributed by atoms with Gasteiger partial charge in [0.2, 0.25) is 0 Å². The van der Waals surface area contributed by atoms with E-state index in [-0.39, 0.29) is 11.1 Å². The van der Waals surface area contributed by atoms with Crippen LogP contribution in [-0.2, 0) is 13.0 Å². The largest absolute Gasteiger partial charge is 0.332 e. The normalized spacial score (nSPS) is 15.2. The molecule has 4 nitrogen and oxygen atoms in total. The smallest absolute Gasteiger partial charge is 0.291 e. The molecular weight excluding hydrogens is 190 g/mol. The van der Waals surface area contributed by atoms with Crippen molar-refractivity contribution in [3.63, 3.8) is 0 Å². The first-order valence-corrected chi connectivity index (χ1v) is 5.24. The Labute approximate surface area is 88.2 Å². The molecule has 1 aliphatic rings. The average molecular weight is 203 g/mol. The van der Waals surface area contributed by atoms with Gasteiger partial charge in [-0.3, -0.25) is 4.79 Å². The van der Waals surface area contributed by atoms with Gasteiger partial charge >= 0.3 is 0 Å². The van der Waals surface area contributed by atoms with Crippen molar-refractivity contribution in [2.45, 2.75) is 39.2 Å². The number of hydrogen-bond donors (Lipinski definition) is 0. The third-order valence-electron chi connectivity index (χ3n) is 2.89. The SMILES string of the molecule is Cc1nc(=O)c(C#N)c2n1CCCCC2. The van der Waals surface area contributed by atoms with E-state index in [1.54, 1.807) is 0 Å². The first-order chi connectivity index (χ1) is 7.24. The van der Waals surface area contributed by atoms with Gasteiger partial charge in [-0.1, -0.05) is 6.42 Å². The van der Waals surface area contributed by atoms with Crippen LogP contribution in [0, 0.1) is 18.3 Å². The molecule has 0 spiro atoms. The molecule has 0 saturated heterocycles. The molecule has 0 atom stereocenters. The van der Waals surface area contributed by atoms with Crippen molar-refractivity contribution in [3.05, 3.63) is 27.4 Å². The highest BCUT2D eigenvalue weighted by Gasteiger charge is 2.16. The summed E-state index contributed by atoms with van der Waals surface area (Å²) in [6, 6.07) is 1.98. The summed E-state index contributed by atoms with van der Waals surface area (Å²) in [5.74, 6) is 0.732. The Hall–Kier alpha value is -1.63. The van der Waals surface area contributed by atoms with E-state index in [4.69, 9.17) is 5.26 Å². The van der Waals surface area contributed by atoms with Crippen LogP contribution in [0.2, 0.25) is 0 Å². The predicted molar refractivity (Wildman–Crippen MR) is 55.5 cm³/mol. The molecule has 0 bridgehead atoms. The van der Waals surface area contributed by atoms with Gasteiger partial charge in [-0.25, -0.2) is 0 Å². The van der Waals surface area contributed by atoms with Crippen molar-refractivity contribution in [2.24, 2.45) is 0 Å². The van der Waals surface area contributed by atoms with Crippen LogP contribution < -0.4 is 5.56 Å². The molecule has 0 saturated carbocycles. The van der Waals surface area contributed by atoms with Gasteiger partial charge in [0.1, 0.15) is 17.5 Å². The van der Waals surface area contributed by atoms with Gasteiger partial charge in [0.25, 0.3) is 5.56 Å². The van der Waals surface area contributed by atoms with Gasteiger partial charge in [-0.05, 0) is 26.2 Å². The first-order valence-electron chi connectivity index (χ1n) is 5.24. The Balaban J connectivity index is 2.70. The maximum atomic E-state index is 11.5. The number of fused-ring (bicyclic) bond motifs is 1. The second-order valence-corrected chi connectivity index (χ2v) is 3.86. The lowest BCUT2D eigenvalue weighted by molar-refractivity contribution is 0.602. The molecule has 0 N–H and O–H groups in total. The number of nitrogens with zero attached hydrogens (tertiary/aromatic N) is 3. The molecule has 78 valence electrons. The molecule has 15 heavy (non-hydrogen) atoms. The van der Waals surface area contributed by atoms with E-state index < -0.39 is 0 Å². The van der Waals surface area contributed by atoms with E-state index >= 15 is 0 Å². The summed E-state index contributed by atoms with van der Waals surface area (Å²) in [4.78, 5) is 15.4. The molecule has 0 unspecified atom stereocenters. The zero-order chi connectivity index (χ0) is 10.8. The van der Waals surface area contributed by atoms with Crippen LogP contribution in [0.15, 0.2) is 4.79 Å². The van der Waals surface area contributed by atoms with Crippen LogP contribution in [0.4, 0.5) is 0 Å². The fourth-order valence-electron chi connectivity index (χ4n) is 2.13. The molecule has 1 aromatic rings. The fourth-order valence-corrected chi connectivity index (χ4v) is 2.13. The summed E-state index contributed by atoms with van der Waals surface area (Å²) in [5, 5.41) is 8.95. The van der Waals surface area contributed by atoms with E-state index in [0.29, 0.717) is 0 Å². The monoisotopic (exact) mass is 203 g/mol. The van der Waals surface area contributed by atoms with Crippen molar-refractivity contribution in [2.75, 3.05) is 0 Å². The van der Waals surface area contributed by atoms with E-state index in [9.17, 15) is 4.79 Å². The summed E-state index contributed by atoms with van der Waals surface area (Å²) in [6.07, 6.45) is 4.13. The minimum absolute atomic E-state index is 0.238. The van der Waals surface area contributed by atoms with Crippen LogP contribution in [-0.4, -0.2) is 9.55 Å². The number of nitriles is 1. The minimum Gasteiger partial charge on any atom is -0.332 e. The predicted octanol–water partition coefficient (Wildman–Crippen LogP) is 1.15. The van der Waals surface area contributed by atoms with E-state index in [2.05, 4.69) is 4.98 Å². The minimum atomic E-state index is -0.372. The van der Waals surface area contributed by atoms with Crippen molar-refractivity contribution in [1.82, 2.24) is 9.55 Å². The first kappa shape index (κ1) is 9.91. The van der Waals surface area contributed by atoms with Gasteiger partial charge in [0.05, 0.1) is 0 Å². The second-order valence-electron chi connectivity index (χ2n) is 3.86. The quantitative estimate of drug-likeness (QED) is 0.635. The molecule has 0 aliphatic carbocycles. The molecule has 0 radical (unpaired) electrons. The lowest BCUT2D eigenvalue weighted by atomic mass is 10.1. The topological polar surface area (TPSA) is 58.7 Å². The van der Waals surface area contributed by atoms with E-state index in [1.165, 1.54) is 0 Å². The lowest BCUT2D eigenvalue weighted by Crippen LogP contribution is -2.22. The van der Waals surface area contributed by atoms with Gasteiger partial charge in [-0.15, -0.1) is 0 Å². The van der Waals surface area contributed by atoms with Crippen molar-refractivity contribution in [3.8, 4) is 6.07 Å². The van der Waals surface area contributed by atoms with Gasteiger partial charge in [0, 0.05) is 12.2 Å². The molecule has 4 heteroatoms. The van der Waals surface area contributed by atoms with Crippen LogP contribution in [0.25, 0.3) is 0 Å². The summed E-state index contributed by atoms with van der Waals surface area (Å²) >= 11 is 0. The maximum absolute atomic E-state index is 11.5. The molecule has 1 aromatic heterocycles. The third-order valence-corrected chi connectivity index (χ3v) is 2.89. The zero-order valence-corrected chi connectivity index (χ0v) is 8.79. The number of hydrogen-bond acceptors (Lipinski definition) is 3. The van der Waals surface area contributed by atoms with Gasteiger partial charge < -0.3 is 4.57 Å². The molecule has 0 aromatic carbocycles. The molecular formula is C11H13N3O. The standard InChI is InChI=1S/C11H13N3O/c1-8-13-11(15)9(7-12)10-5-3-2-4-6-14(8)10/h2-6H2,1H3. The van der Waals surface area contributed by atoms with Gasteiger partial charge in [-0.2, -0.15) is 10.2 Å². The van der Waals surface area contributed by atoms with E-state index in [0.717, 1.165) is 43.7 Å². The Bertz CT molecular complexity index is 482. The molecule has 0 amide bonds. The molecule has 0 fully saturated rings. The van der Waals surface area contributed by atoms with Crippen LogP contribution in [0.5, 0.6) is 0 Å². The molecule has 1 aliphatic heterocycles. The Morgan fingerprint density at radius 2 is 2.20 bits per heavy atom. The summed E-state index contributed by atoms with van der Waals surface area (Å²) in [7, 11) is 0. The Morgan fingerprint density at radius 3 is 2.93 bits per heavy atom.